The van der Waals surface area contributed by atoms with E-state index < -0.39 is 0 Å². The molecule has 2 heterocycles. The largest absolute Gasteiger partial charge is 0.343 e. The molecule has 0 bridgehead atoms. The first-order chi connectivity index (χ1) is 9.34. The lowest BCUT2D eigenvalue weighted by atomic mass is 10.1. The first kappa shape index (κ1) is 12.2. The standard InChI is InChI=1S/C15H19N3O/c19-15(17-9-4-1-5-10-17)8-11-18-12-16-13-6-2-3-7-14(13)18/h2-3,6-7,12H,1,4-5,8-11H2. The monoisotopic (exact) mass is 257 g/mol. The smallest absolute Gasteiger partial charge is 0.224 e. The number of amides is 1. The van der Waals surface area contributed by atoms with E-state index in [0.717, 1.165) is 43.5 Å². The number of aryl methyl sites for hydroxylation is 1. The number of nitrogens with zero attached hydrogens (tertiary/aromatic N) is 3. The van der Waals surface area contributed by atoms with Gasteiger partial charge < -0.3 is 9.47 Å². The number of para-hydroxylation sites is 2. The first-order valence-electron chi connectivity index (χ1n) is 7.02. The highest BCUT2D eigenvalue weighted by molar-refractivity contribution is 5.77. The van der Waals surface area contributed by atoms with Gasteiger partial charge in [0.25, 0.3) is 0 Å². The van der Waals surface area contributed by atoms with Crippen LogP contribution in [0.1, 0.15) is 25.7 Å². The van der Waals surface area contributed by atoms with Crippen molar-refractivity contribution in [3.05, 3.63) is 30.6 Å². The number of carbonyl (C=O) groups is 1. The summed E-state index contributed by atoms with van der Waals surface area (Å²) in [6.07, 6.45) is 5.96. The van der Waals surface area contributed by atoms with E-state index >= 15 is 0 Å². The van der Waals surface area contributed by atoms with Crippen LogP contribution >= 0.6 is 0 Å². The molecule has 0 atom stereocenters. The molecular weight excluding hydrogens is 238 g/mol. The van der Waals surface area contributed by atoms with Crippen LogP contribution in [0.15, 0.2) is 30.6 Å². The van der Waals surface area contributed by atoms with Crippen LogP contribution in [0.3, 0.4) is 0 Å². The maximum Gasteiger partial charge on any atom is 0.224 e. The fourth-order valence-corrected chi connectivity index (χ4v) is 2.71. The lowest BCUT2D eigenvalue weighted by Crippen LogP contribution is -2.35. The van der Waals surface area contributed by atoms with E-state index in [1.54, 1.807) is 0 Å². The fraction of sp³-hybridized carbons (Fsp3) is 0.467. The number of rotatable bonds is 3. The van der Waals surface area contributed by atoms with Crippen molar-refractivity contribution in [2.24, 2.45) is 0 Å². The summed E-state index contributed by atoms with van der Waals surface area (Å²) in [6, 6.07) is 8.04. The first-order valence-corrected chi connectivity index (χ1v) is 7.02. The van der Waals surface area contributed by atoms with E-state index in [4.69, 9.17) is 0 Å². The SMILES string of the molecule is O=C(CCn1cnc2ccccc21)N1CCCCC1. The molecule has 1 aromatic carbocycles. The molecule has 1 fully saturated rings. The van der Waals surface area contributed by atoms with Crippen LogP contribution < -0.4 is 0 Å². The van der Waals surface area contributed by atoms with Gasteiger partial charge in [0, 0.05) is 26.1 Å². The Kier molecular flexibility index (Phi) is 3.49. The summed E-state index contributed by atoms with van der Waals surface area (Å²) >= 11 is 0. The minimum absolute atomic E-state index is 0.275. The number of benzene rings is 1. The number of piperidine rings is 1. The third-order valence-electron chi connectivity index (χ3n) is 3.80. The van der Waals surface area contributed by atoms with Crippen LogP contribution in [0.4, 0.5) is 0 Å². The number of hydrogen-bond donors (Lipinski definition) is 0. The van der Waals surface area contributed by atoms with Crippen molar-refractivity contribution >= 4 is 16.9 Å². The number of imidazole rings is 1. The minimum Gasteiger partial charge on any atom is -0.343 e. The Hall–Kier alpha value is -1.84. The van der Waals surface area contributed by atoms with Gasteiger partial charge in [0.05, 0.1) is 17.4 Å². The van der Waals surface area contributed by atoms with Gasteiger partial charge in [-0.1, -0.05) is 12.1 Å². The number of carbonyl (C=O) groups excluding carboxylic acids is 1. The topological polar surface area (TPSA) is 38.1 Å². The van der Waals surface area contributed by atoms with Crippen LogP contribution in [0.2, 0.25) is 0 Å². The predicted octanol–water partition coefficient (Wildman–Crippen LogP) is 2.44. The van der Waals surface area contributed by atoms with Crippen LogP contribution in [-0.2, 0) is 11.3 Å². The third-order valence-corrected chi connectivity index (χ3v) is 3.80. The van der Waals surface area contributed by atoms with Crippen molar-refractivity contribution < 1.29 is 4.79 Å². The minimum atomic E-state index is 0.275. The molecule has 1 saturated heterocycles. The zero-order valence-corrected chi connectivity index (χ0v) is 11.1. The van der Waals surface area contributed by atoms with Crippen molar-refractivity contribution in [2.45, 2.75) is 32.2 Å². The second-order valence-corrected chi connectivity index (χ2v) is 5.12. The van der Waals surface area contributed by atoms with E-state index in [1.807, 2.05) is 35.5 Å². The van der Waals surface area contributed by atoms with E-state index in [9.17, 15) is 4.79 Å². The van der Waals surface area contributed by atoms with E-state index in [1.165, 1.54) is 6.42 Å². The Bertz CT molecular complexity index is 570. The average molecular weight is 257 g/mol. The molecule has 0 radical (unpaired) electrons. The van der Waals surface area contributed by atoms with Gasteiger partial charge in [-0.05, 0) is 31.4 Å². The average Bonchev–Trinajstić information content (AvgIpc) is 2.89. The molecule has 4 nitrogen and oxygen atoms in total. The molecule has 0 spiro atoms. The quantitative estimate of drug-likeness (QED) is 0.847. The molecule has 0 aliphatic carbocycles. The molecule has 100 valence electrons. The number of likely N-dealkylation sites (tertiary alicyclic amines) is 1. The summed E-state index contributed by atoms with van der Waals surface area (Å²) in [5, 5.41) is 0. The van der Waals surface area contributed by atoms with Crippen LogP contribution in [0.25, 0.3) is 11.0 Å². The number of fused-ring (bicyclic) bond motifs is 1. The summed E-state index contributed by atoms with van der Waals surface area (Å²) in [7, 11) is 0. The molecule has 4 heteroatoms. The van der Waals surface area contributed by atoms with Crippen molar-refractivity contribution in [3.63, 3.8) is 0 Å². The van der Waals surface area contributed by atoms with Gasteiger partial charge in [-0.2, -0.15) is 0 Å². The van der Waals surface area contributed by atoms with Crippen molar-refractivity contribution in [2.75, 3.05) is 13.1 Å². The van der Waals surface area contributed by atoms with Gasteiger partial charge in [0.15, 0.2) is 0 Å². The Morgan fingerprint density at radius 3 is 2.79 bits per heavy atom. The van der Waals surface area contributed by atoms with Gasteiger partial charge in [-0.25, -0.2) is 4.98 Å². The predicted molar refractivity (Wildman–Crippen MR) is 74.8 cm³/mol. The lowest BCUT2D eigenvalue weighted by Gasteiger charge is -2.26. The molecule has 19 heavy (non-hydrogen) atoms. The summed E-state index contributed by atoms with van der Waals surface area (Å²) in [5.74, 6) is 0.275. The zero-order chi connectivity index (χ0) is 13.1. The molecule has 3 rings (SSSR count). The molecule has 1 amide bonds. The van der Waals surface area contributed by atoms with Crippen molar-refractivity contribution in [3.8, 4) is 0 Å². The van der Waals surface area contributed by atoms with Crippen molar-refractivity contribution in [1.29, 1.82) is 0 Å². The lowest BCUT2D eigenvalue weighted by molar-refractivity contribution is -0.132. The molecule has 2 aromatic rings. The third kappa shape index (κ3) is 2.62. The Labute approximate surface area is 113 Å². The summed E-state index contributed by atoms with van der Waals surface area (Å²) in [4.78, 5) is 18.5. The molecule has 1 aliphatic rings. The fourth-order valence-electron chi connectivity index (χ4n) is 2.71. The van der Waals surface area contributed by atoms with Crippen LogP contribution in [0.5, 0.6) is 0 Å². The normalized spacial score (nSPS) is 15.9. The van der Waals surface area contributed by atoms with E-state index in [2.05, 4.69) is 9.55 Å². The highest BCUT2D eigenvalue weighted by Gasteiger charge is 2.16. The van der Waals surface area contributed by atoms with Gasteiger partial charge in [0.2, 0.25) is 5.91 Å². The summed E-state index contributed by atoms with van der Waals surface area (Å²) < 4.78 is 2.07. The van der Waals surface area contributed by atoms with E-state index in [-0.39, 0.29) is 5.91 Å². The van der Waals surface area contributed by atoms with Gasteiger partial charge >= 0.3 is 0 Å². The van der Waals surface area contributed by atoms with Crippen molar-refractivity contribution in [1.82, 2.24) is 14.5 Å². The summed E-state index contributed by atoms with van der Waals surface area (Å²) in [6.45, 7) is 2.59. The molecule has 0 N–H and O–H groups in total. The van der Waals surface area contributed by atoms with Gasteiger partial charge in [-0.15, -0.1) is 0 Å². The highest BCUT2D eigenvalue weighted by atomic mass is 16.2. The Morgan fingerprint density at radius 2 is 1.95 bits per heavy atom. The summed E-state index contributed by atoms with van der Waals surface area (Å²) in [5.41, 5.74) is 2.10. The Morgan fingerprint density at radius 1 is 1.16 bits per heavy atom. The highest BCUT2D eigenvalue weighted by Crippen LogP contribution is 2.14. The van der Waals surface area contributed by atoms with Crippen LogP contribution in [0, 0.1) is 0 Å². The maximum atomic E-state index is 12.1. The zero-order valence-electron chi connectivity index (χ0n) is 11.1. The van der Waals surface area contributed by atoms with Crippen LogP contribution in [-0.4, -0.2) is 33.4 Å². The van der Waals surface area contributed by atoms with E-state index in [0.29, 0.717) is 6.42 Å². The second-order valence-electron chi connectivity index (χ2n) is 5.12. The Balaban J connectivity index is 1.64. The molecule has 1 aliphatic heterocycles. The van der Waals surface area contributed by atoms with Gasteiger partial charge in [-0.3, -0.25) is 4.79 Å². The van der Waals surface area contributed by atoms with Gasteiger partial charge in [0.1, 0.15) is 0 Å². The molecule has 0 saturated carbocycles. The molecule has 1 aromatic heterocycles. The number of hydrogen-bond acceptors (Lipinski definition) is 2. The maximum absolute atomic E-state index is 12.1. The number of aromatic nitrogens is 2. The molecule has 0 unspecified atom stereocenters. The molecular formula is C15H19N3O. The second kappa shape index (κ2) is 5.43.